The fraction of sp³-hybridized carbons (Fsp3) is 0.926. The van der Waals surface area contributed by atoms with Crippen LogP contribution in [0.4, 0.5) is 0 Å². The van der Waals surface area contributed by atoms with E-state index in [-0.39, 0.29) is 11.5 Å². The molecule has 4 aliphatic carbocycles. The molecule has 3 fully saturated rings. The molecule has 0 saturated heterocycles. The summed E-state index contributed by atoms with van der Waals surface area (Å²) in [6, 6.07) is 0. The number of fused-ring (bicyclic) bond motifs is 5. The molecule has 0 heterocycles. The maximum absolute atomic E-state index is 11.2. The molecule has 6 nitrogen and oxygen atoms in total. The summed E-state index contributed by atoms with van der Waals surface area (Å²) in [5.74, 6) is 3.63. The van der Waals surface area contributed by atoms with Crippen LogP contribution in [0, 0.1) is 40.4 Å². The van der Waals surface area contributed by atoms with Gasteiger partial charge in [-0.1, -0.05) is 45.3 Å². The van der Waals surface area contributed by atoms with Crippen molar-refractivity contribution in [3.05, 3.63) is 11.6 Å². The van der Waals surface area contributed by atoms with Crippen molar-refractivity contribution in [3.8, 4) is 0 Å². The topological polar surface area (TPSA) is 93.1 Å². The normalized spacial score (nSPS) is 41.8. The molecule has 10 atom stereocenters. The van der Waals surface area contributed by atoms with Crippen LogP contribution in [0.2, 0.25) is 0 Å². The van der Waals surface area contributed by atoms with Crippen molar-refractivity contribution in [2.24, 2.45) is 40.4 Å². The van der Waals surface area contributed by atoms with Gasteiger partial charge in [0.2, 0.25) is 0 Å². The molecule has 8 heteroatoms. The Labute approximate surface area is 217 Å². The summed E-state index contributed by atoms with van der Waals surface area (Å²) in [6.07, 6.45) is 14.4. The van der Waals surface area contributed by atoms with E-state index in [2.05, 4.69) is 26.8 Å². The van der Waals surface area contributed by atoms with Gasteiger partial charge in [0.15, 0.2) is 0 Å². The van der Waals surface area contributed by atoms with Gasteiger partial charge in [-0.3, -0.25) is 17.5 Å². The average molecular weight is 531 g/mol. The van der Waals surface area contributed by atoms with E-state index in [1.165, 1.54) is 31.3 Å². The molecule has 202 valence electrons. The van der Waals surface area contributed by atoms with Crippen molar-refractivity contribution in [2.45, 2.75) is 117 Å². The monoisotopic (exact) mass is 530 g/mol. The fourth-order valence-electron chi connectivity index (χ4n) is 9.09. The highest BCUT2D eigenvalue weighted by atomic mass is 32.2. The number of rotatable bonds is 9. The molecule has 4 rings (SSSR count). The van der Waals surface area contributed by atoms with E-state index >= 15 is 0 Å². The minimum absolute atomic E-state index is 0.130. The lowest BCUT2D eigenvalue weighted by molar-refractivity contribution is -0.0559. The molecule has 0 aromatic heterocycles. The third-order valence-corrected chi connectivity index (χ3v) is 11.8. The molecular weight excluding hydrogens is 484 g/mol. The van der Waals surface area contributed by atoms with Gasteiger partial charge in [0.25, 0.3) is 0 Å². The number of allylic oxidation sites excluding steroid dienone is 1. The van der Waals surface area contributed by atoms with Gasteiger partial charge < -0.3 is 0 Å². The molecule has 0 aromatic carbocycles. The lowest BCUT2D eigenvalue weighted by atomic mass is 9.47. The smallest absolute Gasteiger partial charge is 0.284 e. The third-order valence-electron chi connectivity index (χ3n) is 10.8. The zero-order valence-electron chi connectivity index (χ0n) is 22.2. The Morgan fingerprint density at radius 1 is 1.09 bits per heavy atom. The number of hydrogen-bond acceptors (Lipinski definition) is 4. The van der Waals surface area contributed by atoms with Gasteiger partial charge in [0.05, 0.1) is 11.7 Å². The van der Waals surface area contributed by atoms with Crippen LogP contribution in [0.15, 0.2) is 11.6 Å². The van der Waals surface area contributed by atoms with Crippen molar-refractivity contribution in [1.29, 1.82) is 0 Å². The largest absolute Gasteiger partial charge is 0.302 e. The summed E-state index contributed by atoms with van der Waals surface area (Å²) >= 11 is -4.40. The summed E-state index contributed by atoms with van der Waals surface area (Å²) in [7, 11) is 0. The van der Waals surface area contributed by atoms with E-state index in [1.807, 2.05) is 13.8 Å². The molecule has 3 saturated carbocycles. The van der Waals surface area contributed by atoms with Gasteiger partial charge in [-0.05, 0) is 112 Å². The predicted molar refractivity (Wildman–Crippen MR) is 140 cm³/mol. The van der Waals surface area contributed by atoms with Crippen LogP contribution in [-0.2, 0) is 31.1 Å². The Balaban J connectivity index is 1.40. The second-order valence-electron chi connectivity index (χ2n) is 13.1. The summed E-state index contributed by atoms with van der Waals surface area (Å²) in [5, 5.41) is 0. The van der Waals surface area contributed by atoms with Gasteiger partial charge in [0.1, 0.15) is 0 Å². The highest BCUT2D eigenvalue weighted by molar-refractivity contribution is 7.74. The molecule has 2 N–H and O–H groups in total. The zero-order chi connectivity index (χ0) is 25.6. The van der Waals surface area contributed by atoms with Crippen molar-refractivity contribution in [3.63, 3.8) is 0 Å². The van der Waals surface area contributed by atoms with Crippen LogP contribution in [-0.4, -0.2) is 29.2 Å². The molecule has 4 aliphatic rings. The van der Waals surface area contributed by atoms with Crippen molar-refractivity contribution in [2.75, 3.05) is 0 Å². The third kappa shape index (κ3) is 5.68. The van der Waals surface area contributed by atoms with E-state index in [0.29, 0.717) is 17.3 Å². The molecule has 0 spiro atoms. The minimum Gasteiger partial charge on any atom is -0.284 e. The standard InChI is InChI=1S/C27H46O6S2/c1-18(7-6-14-25(2,3)33-35(30)31)22-10-11-23-21-9-8-19-17-20(32-34(28)29)12-15-26(19,4)24(21)13-16-27(22,23)5/h8,18,20-24H,6-7,9-17H2,1-5H3,(H,28,29)(H,30,31). The summed E-state index contributed by atoms with van der Waals surface area (Å²) in [6.45, 7) is 11.3. The molecule has 35 heavy (non-hydrogen) atoms. The first-order valence-electron chi connectivity index (χ1n) is 13.6. The molecular formula is C27H46O6S2. The maximum Gasteiger partial charge on any atom is 0.302 e. The molecule has 0 radical (unpaired) electrons. The van der Waals surface area contributed by atoms with Gasteiger partial charge >= 0.3 is 22.7 Å². The minimum atomic E-state index is -2.22. The summed E-state index contributed by atoms with van der Waals surface area (Å²) < 4.78 is 51.0. The van der Waals surface area contributed by atoms with Crippen molar-refractivity contribution >= 4 is 22.7 Å². The molecule has 0 amide bonds. The fourth-order valence-corrected chi connectivity index (χ4v) is 9.95. The first-order chi connectivity index (χ1) is 16.4. The Kier molecular flexibility index (Phi) is 8.42. The van der Waals surface area contributed by atoms with Gasteiger partial charge in [0, 0.05) is 0 Å². The first-order valence-corrected chi connectivity index (χ1v) is 15.7. The van der Waals surface area contributed by atoms with Gasteiger partial charge in [-0.2, -0.15) is 8.42 Å². The van der Waals surface area contributed by atoms with Crippen LogP contribution in [0.3, 0.4) is 0 Å². The van der Waals surface area contributed by atoms with Crippen LogP contribution >= 0.6 is 0 Å². The van der Waals surface area contributed by atoms with Crippen LogP contribution in [0.1, 0.15) is 105 Å². The maximum atomic E-state index is 11.2. The Morgan fingerprint density at radius 2 is 1.83 bits per heavy atom. The van der Waals surface area contributed by atoms with Gasteiger partial charge in [-0.15, -0.1) is 0 Å². The molecule has 0 aliphatic heterocycles. The van der Waals surface area contributed by atoms with Gasteiger partial charge in [-0.25, -0.2) is 0 Å². The second-order valence-corrected chi connectivity index (χ2v) is 14.3. The number of hydrogen-bond donors (Lipinski definition) is 2. The summed E-state index contributed by atoms with van der Waals surface area (Å²) in [5.41, 5.74) is 1.51. The van der Waals surface area contributed by atoms with E-state index < -0.39 is 28.3 Å². The highest BCUT2D eigenvalue weighted by Crippen LogP contribution is 2.67. The van der Waals surface area contributed by atoms with E-state index in [9.17, 15) is 13.0 Å². The van der Waals surface area contributed by atoms with Crippen LogP contribution in [0.5, 0.6) is 0 Å². The molecule has 10 unspecified atom stereocenters. The molecule has 0 aromatic rings. The van der Waals surface area contributed by atoms with E-state index in [0.717, 1.165) is 62.7 Å². The Hall–Kier alpha value is -0.120. The Morgan fingerprint density at radius 3 is 2.51 bits per heavy atom. The summed E-state index contributed by atoms with van der Waals surface area (Å²) in [4.78, 5) is 0. The quantitative estimate of drug-likeness (QED) is 0.251. The van der Waals surface area contributed by atoms with Crippen LogP contribution in [0.25, 0.3) is 0 Å². The molecule has 0 bridgehead atoms. The first kappa shape index (κ1) is 27.9. The second kappa shape index (κ2) is 10.6. The van der Waals surface area contributed by atoms with Crippen LogP contribution < -0.4 is 0 Å². The van der Waals surface area contributed by atoms with E-state index in [4.69, 9.17) is 12.9 Å². The van der Waals surface area contributed by atoms with Crippen molar-refractivity contribution in [1.82, 2.24) is 0 Å². The van der Waals surface area contributed by atoms with Crippen molar-refractivity contribution < 1.29 is 25.9 Å². The predicted octanol–water partition coefficient (Wildman–Crippen LogP) is 6.83. The van der Waals surface area contributed by atoms with E-state index in [1.54, 1.807) is 0 Å². The highest BCUT2D eigenvalue weighted by Gasteiger charge is 2.59. The zero-order valence-corrected chi connectivity index (χ0v) is 23.8. The lowest BCUT2D eigenvalue weighted by Gasteiger charge is -2.58. The average Bonchev–Trinajstić information content (AvgIpc) is 3.10. The Bertz CT molecular complexity index is 859. The lowest BCUT2D eigenvalue weighted by Crippen LogP contribution is -2.51. The SMILES string of the molecule is CC(CCCC(C)(C)OS(=O)O)C1CCC2C3CC=C4CC(OS(=O)O)CCC4(C)C3CCC12C.